The third-order valence-corrected chi connectivity index (χ3v) is 6.31. The number of aliphatic hydroxyl groups is 1. The maximum Gasteiger partial charge on any atom is 0.395 e. The van der Waals surface area contributed by atoms with E-state index in [1.165, 1.54) is 0 Å². The first-order valence-electron chi connectivity index (χ1n) is 9.84. The van der Waals surface area contributed by atoms with Crippen molar-refractivity contribution in [2.45, 2.75) is 76.6 Å². The van der Waals surface area contributed by atoms with E-state index in [1.54, 1.807) is 26.0 Å². The van der Waals surface area contributed by atoms with Crippen LogP contribution in [0.25, 0.3) is 11.2 Å². The van der Waals surface area contributed by atoms with Gasteiger partial charge in [-0.25, -0.2) is 9.97 Å². The van der Waals surface area contributed by atoms with Gasteiger partial charge in [-0.2, -0.15) is 13.2 Å². The van der Waals surface area contributed by atoms with E-state index in [9.17, 15) is 23.1 Å². The van der Waals surface area contributed by atoms with Gasteiger partial charge < -0.3 is 5.11 Å². The van der Waals surface area contributed by atoms with Crippen molar-refractivity contribution < 1.29 is 23.1 Å². The molecule has 0 aliphatic heterocycles. The number of hydrogen-bond acceptors (Lipinski definition) is 4. The highest BCUT2D eigenvalue weighted by Crippen LogP contribution is 2.60. The third kappa shape index (κ3) is 3.39. The minimum atomic E-state index is -4.38. The lowest BCUT2D eigenvalue weighted by Crippen LogP contribution is -2.39. The summed E-state index contributed by atoms with van der Waals surface area (Å²) < 4.78 is 41.5. The molecule has 2 fully saturated rings. The SMILES string of the molecule is CC(C)(O)c1ccc2nc(NC(=O)CC3(C(F)(F)F)CC3)n(C3(C)CCC3)c2n1. The third-order valence-electron chi connectivity index (χ3n) is 6.31. The van der Waals surface area contributed by atoms with Crippen LogP contribution in [-0.2, 0) is 15.9 Å². The molecule has 6 nitrogen and oxygen atoms in total. The minimum absolute atomic E-state index is 0.0193. The summed E-state index contributed by atoms with van der Waals surface area (Å²) in [4.78, 5) is 21.5. The molecule has 2 aliphatic rings. The Morgan fingerprint density at radius 2 is 1.86 bits per heavy atom. The van der Waals surface area contributed by atoms with Gasteiger partial charge in [-0.15, -0.1) is 0 Å². The van der Waals surface area contributed by atoms with E-state index >= 15 is 0 Å². The molecule has 158 valence electrons. The van der Waals surface area contributed by atoms with Crippen molar-refractivity contribution in [3.8, 4) is 0 Å². The fourth-order valence-corrected chi connectivity index (χ4v) is 3.99. The average molecular weight is 410 g/mol. The minimum Gasteiger partial charge on any atom is -0.384 e. The lowest BCUT2D eigenvalue weighted by molar-refractivity contribution is -0.189. The summed E-state index contributed by atoms with van der Waals surface area (Å²) in [7, 11) is 0. The van der Waals surface area contributed by atoms with E-state index in [0.717, 1.165) is 19.3 Å². The summed E-state index contributed by atoms with van der Waals surface area (Å²) >= 11 is 0. The zero-order valence-electron chi connectivity index (χ0n) is 16.7. The average Bonchev–Trinajstić information content (AvgIpc) is 3.26. The summed E-state index contributed by atoms with van der Waals surface area (Å²) in [5.41, 5.74) is -1.89. The van der Waals surface area contributed by atoms with Crippen LogP contribution in [0.5, 0.6) is 0 Å². The molecule has 2 aromatic rings. The maximum atomic E-state index is 13.2. The van der Waals surface area contributed by atoms with Gasteiger partial charge in [0.15, 0.2) is 5.65 Å². The summed E-state index contributed by atoms with van der Waals surface area (Å²) in [6.45, 7) is 5.27. The molecule has 2 saturated carbocycles. The van der Waals surface area contributed by atoms with Crippen molar-refractivity contribution in [2.75, 3.05) is 5.32 Å². The highest BCUT2D eigenvalue weighted by atomic mass is 19.4. The number of nitrogens with one attached hydrogen (secondary N) is 1. The lowest BCUT2D eigenvalue weighted by Gasteiger charge is -2.40. The number of nitrogens with zero attached hydrogens (tertiary/aromatic N) is 3. The Morgan fingerprint density at radius 1 is 1.21 bits per heavy atom. The van der Waals surface area contributed by atoms with Crippen LogP contribution in [0.2, 0.25) is 0 Å². The number of anilines is 1. The number of halogens is 3. The Kier molecular flexibility index (Phi) is 4.28. The topological polar surface area (TPSA) is 80.0 Å². The molecule has 0 saturated heterocycles. The normalized spacial score (nSPS) is 20.4. The number of imidazole rings is 1. The molecule has 0 unspecified atom stereocenters. The number of carbonyl (C=O) groups excluding carboxylic acids is 1. The van der Waals surface area contributed by atoms with E-state index in [0.29, 0.717) is 16.9 Å². The van der Waals surface area contributed by atoms with Crippen molar-refractivity contribution in [1.82, 2.24) is 14.5 Å². The van der Waals surface area contributed by atoms with Crippen molar-refractivity contribution in [1.29, 1.82) is 0 Å². The van der Waals surface area contributed by atoms with Crippen molar-refractivity contribution in [3.63, 3.8) is 0 Å². The van der Waals surface area contributed by atoms with Crippen LogP contribution < -0.4 is 5.32 Å². The van der Waals surface area contributed by atoms with Crippen molar-refractivity contribution in [3.05, 3.63) is 17.8 Å². The fourth-order valence-electron chi connectivity index (χ4n) is 3.99. The van der Waals surface area contributed by atoms with Gasteiger partial charge in [0.2, 0.25) is 11.9 Å². The van der Waals surface area contributed by atoms with Crippen molar-refractivity contribution in [2.24, 2.45) is 5.41 Å². The number of rotatable bonds is 5. The molecule has 9 heteroatoms. The van der Waals surface area contributed by atoms with Gasteiger partial charge in [0.1, 0.15) is 11.1 Å². The first-order chi connectivity index (χ1) is 13.3. The predicted molar refractivity (Wildman–Crippen MR) is 101 cm³/mol. The summed E-state index contributed by atoms with van der Waals surface area (Å²) in [6, 6.07) is 3.37. The molecular weight excluding hydrogens is 385 g/mol. The quantitative estimate of drug-likeness (QED) is 0.773. The molecule has 0 spiro atoms. The van der Waals surface area contributed by atoms with Gasteiger partial charge in [-0.3, -0.25) is 14.7 Å². The van der Waals surface area contributed by atoms with Crippen LogP contribution in [0.1, 0.15) is 65.0 Å². The Hall–Kier alpha value is -2.16. The highest BCUT2D eigenvalue weighted by Gasteiger charge is 2.63. The van der Waals surface area contributed by atoms with E-state index < -0.39 is 29.5 Å². The Labute approximate surface area is 166 Å². The number of amides is 1. The molecule has 2 aliphatic carbocycles. The van der Waals surface area contributed by atoms with Crippen LogP contribution in [0.3, 0.4) is 0 Å². The second-order valence-corrected chi connectivity index (χ2v) is 9.22. The van der Waals surface area contributed by atoms with Crippen LogP contribution in [0.4, 0.5) is 19.1 Å². The van der Waals surface area contributed by atoms with E-state index in [1.807, 2.05) is 11.5 Å². The smallest absolute Gasteiger partial charge is 0.384 e. The number of fused-ring (bicyclic) bond motifs is 1. The Morgan fingerprint density at radius 3 is 2.34 bits per heavy atom. The number of pyridine rings is 1. The molecule has 0 radical (unpaired) electrons. The molecule has 0 bridgehead atoms. The van der Waals surface area contributed by atoms with Gasteiger partial charge in [-0.05, 0) is 65.0 Å². The zero-order chi connectivity index (χ0) is 21.2. The van der Waals surface area contributed by atoms with Crippen LogP contribution in [-0.4, -0.2) is 31.7 Å². The van der Waals surface area contributed by atoms with Gasteiger partial charge in [0, 0.05) is 12.0 Å². The van der Waals surface area contributed by atoms with Gasteiger partial charge in [0.25, 0.3) is 0 Å². The number of aromatic nitrogens is 3. The first-order valence-corrected chi connectivity index (χ1v) is 9.84. The monoisotopic (exact) mass is 410 g/mol. The fraction of sp³-hybridized carbons (Fsp3) is 0.650. The first kappa shape index (κ1) is 20.1. The van der Waals surface area contributed by atoms with E-state index in [-0.39, 0.29) is 24.3 Å². The van der Waals surface area contributed by atoms with Gasteiger partial charge >= 0.3 is 6.18 Å². The number of alkyl halides is 3. The maximum absolute atomic E-state index is 13.2. The molecule has 29 heavy (non-hydrogen) atoms. The molecule has 0 aromatic carbocycles. The predicted octanol–water partition coefficient (Wildman–Crippen LogP) is 4.23. The van der Waals surface area contributed by atoms with Crippen molar-refractivity contribution >= 4 is 23.0 Å². The summed E-state index contributed by atoms with van der Waals surface area (Å²) in [5, 5.41) is 12.9. The standard InChI is InChI=1S/C20H25F3N4O2/c1-17(2,29)13-6-5-12-15(25-13)27(18(3)7-4-8-18)16(24-12)26-14(28)11-19(9-10-19)20(21,22)23/h5-6,29H,4,7-11H2,1-3H3,(H,24,26,28). The summed E-state index contributed by atoms with van der Waals surface area (Å²) in [6.07, 6.45) is -2.31. The van der Waals surface area contributed by atoms with Gasteiger partial charge in [0.05, 0.1) is 11.1 Å². The molecule has 2 N–H and O–H groups in total. The molecular formula is C20H25F3N4O2. The molecule has 2 aromatic heterocycles. The highest BCUT2D eigenvalue weighted by molar-refractivity contribution is 5.92. The number of carbonyl (C=O) groups is 1. The molecule has 4 rings (SSSR count). The van der Waals surface area contributed by atoms with Gasteiger partial charge in [-0.1, -0.05) is 0 Å². The van der Waals surface area contributed by atoms with E-state index in [4.69, 9.17) is 0 Å². The second kappa shape index (κ2) is 6.17. The molecule has 1 amide bonds. The number of hydrogen-bond donors (Lipinski definition) is 2. The Bertz CT molecular complexity index is 966. The zero-order valence-corrected chi connectivity index (χ0v) is 16.7. The largest absolute Gasteiger partial charge is 0.395 e. The lowest BCUT2D eigenvalue weighted by atomic mass is 9.78. The summed E-state index contributed by atoms with van der Waals surface area (Å²) in [5.74, 6) is -0.479. The van der Waals surface area contributed by atoms with Crippen LogP contribution in [0, 0.1) is 5.41 Å². The molecule has 2 heterocycles. The van der Waals surface area contributed by atoms with Crippen LogP contribution in [0.15, 0.2) is 12.1 Å². The molecule has 0 atom stereocenters. The van der Waals surface area contributed by atoms with E-state index in [2.05, 4.69) is 15.3 Å². The Balaban J connectivity index is 1.70. The van der Waals surface area contributed by atoms with Crippen LogP contribution >= 0.6 is 0 Å². The second-order valence-electron chi connectivity index (χ2n) is 9.22.